The fourth-order valence-electron chi connectivity index (χ4n) is 1.82. The molecule has 2 heterocycles. The molecule has 2 nitrogen and oxygen atoms in total. The van der Waals surface area contributed by atoms with Crippen LogP contribution in [0.2, 0.25) is 14.6 Å². The zero-order valence-corrected chi connectivity index (χ0v) is 14.9. The van der Waals surface area contributed by atoms with Crippen LogP contribution in [0.4, 0.5) is 0 Å². The molecule has 0 aliphatic heterocycles. The van der Waals surface area contributed by atoms with Crippen molar-refractivity contribution in [1.82, 2.24) is 9.97 Å². The minimum Gasteiger partial charge on any atom is -0.215 e. The van der Waals surface area contributed by atoms with Crippen LogP contribution in [0.25, 0.3) is 21.8 Å². The summed E-state index contributed by atoms with van der Waals surface area (Å²) in [5.41, 5.74) is 1.51. The molecule has 21 heavy (non-hydrogen) atoms. The van der Waals surface area contributed by atoms with E-state index < -0.39 is 0 Å². The van der Waals surface area contributed by atoms with Crippen molar-refractivity contribution in [3.8, 4) is 21.8 Å². The second-order valence-corrected chi connectivity index (χ2v) is 7.33. The molecule has 0 radical (unpaired) electrons. The Balaban J connectivity index is 2.12. The Kier molecular flexibility index (Phi) is 4.52. The van der Waals surface area contributed by atoms with Crippen molar-refractivity contribution in [2.75, 3.05) is 0 Å². The minimum absolute atomic E-state index is 0.317. The number of hydrogen-bond acceptors (Lipinski definition) is 3. The first-order chi connectivity index (χ1) is 10.1. The van der Waals surface area contributed by atoms with E-state index in [1.807, 2.05) is 36.4 Å². The van der Waals surface area contributed by atoms with Crippen LogP contribution in [0.3, 0.4) is 0 Å². The van der Waals surface area contributed by atoms with Crippen molar-refractivity contribution >= 4 is 62.1 Å². The molecule has 2 aromatic heterocycles. The van der Waals surface area contributed by atoms with Gasteiger partial charge in [-0.25, -0.2) is 9.97 Å². The Morgan fingerprint density at radius 1 is 0.952 bits per heavy atom. The van der Waals surface area contributed by atoms with Crippen LogP contribution in [0.1, 0.15) is 0 Å². The monoisotopic (exact) mass is 418 g/mol. The summed E-state index contributed by atoms with van der Waals surface area (Å²) in [4.78, 5) is 9.47. The number of rotatable bonds is 2. The molecule has 0 saturated heterocycles. The van der Waals surface area contributed by atoms with E-state index in [1.165, 1.54) is 11.3 Å². The molecular weight excluding hydrogens is 414 g/mol. The molecule has 7 heteroatoms. The summed E-state index contributed by atoms with van der Waals surface area (Å²) < 4.78 is 1.43. The molecule has 0 spiro atoms. The lowest BCUT2D eigenvalue weighted by molar-refractivity contribution is 1.19. The third-order valence-electron chi connectivity index (χ3n) is 2.75. The van der Waals surface area contributed by atoms with Gasteiger partial charge in [-0.2, -0.15) is 0 Å². The van der Waals surface area contributed by atoms with E-state index in [2.05, 4.69) is 25.9 Å². The van der Waals surface area contributed by atoms with Gasteiger partial charge in [-0.05, 0) is 27.6 Å². The van der Waals surface area contributed by atoms with Gasteiger partial charge in [0.2, 0.25) is 0 Å². The van der Waals surface area contributed by atoms with Crippen LogP contribution in [0, 0.1) is 0 Å². The number of halogens is 4. The second kappa shape index (κ2) is 6.23. The first kappa shape index (κ1) is 15.3. The lowest BCUT2D eigenvalue weighted by Crippen LogP contribution is -1.93. The van der Waals surface area contributed by atoms with E-state index in [9.17, 15) is 0 Å². The van der Waals surface area contributed by atoms with Gasteiger partial charge in [-0.1, -0.05) is 65.1 Å². The quantitative estimate of drug-likeness (QED) is 0.437. The van der Waals surface area contributed by atoms with Crippen LogP contribution in [-0.4, -0.2) is 9.97 Å². The van der Waals surface area contributed by atoms with E-state index in [1.54, 1.807) is 0 Å². The molecule has 106 valence electrons. The van der Waals surface area contributed by atoms with Crippen molar-refractivity contribution in [2.45, 2.75) is 0 Å². The molecule has 0 atom stereocenters. The lowest BCUT2D eigenvalue weighted by Gasteiger charge is -2.07. The highest BCUT2D eigenvalue weighted by Crippen LogP contribution is 2.39. The van der Waals surface area contributed by atoms with Crippen LogP contribution >= 0.6 is 62.1 Å². The molecule has 0 unspecified atom stereocenters. The van der Waals surface area contributed by atoms with Crippen LogP contribution in [0.15, 0.2) is 40.9 Å². The Labute approximate surface area is 148 Å². The zero-order chi connectivity index (χ0) is 15.0. The number of hydrogen-bond donors (Lipinski definition) is 0. The summed E-state index contributed by atoms with van der Waals surface area (Å²) >= 11 is 23.3. The Morgan fingerprint density at radius 3 is 2.10 bits per heavy atom. The molecule has 0 saturated carbocycles. The molecule has 0 aliphatic rings. The average Bonchev–Trinajstić information content (AvgIpc) is 2.79. The van der Waals surface area contributed by atoms with Gasteiger partial charge in [0.1, 0.15) is 14.6 Å². The standard InChI is InChI=1S/C14H6BrCl3N2S/c15-8-6-9(21-13(8)18)14-19-11(16)10(12(17)20-14)7-4-2-1-3-5-7/h1-6H. The molecule has 0 bridgehead atoms. The van der Waals surface area contributed by atoms with Crippen molar-refractivity contribution in [3.63, 3.8) is 0 Å². The van der Waals surface area contributed by atoms with Crippen LogP contribution in [0.5, 0.6) is 0 Å². The van der Waals surface area contributed by atoms with Gasteiger partial charge in [0.05, 0.1) is 10.4 Å². The fourth-order valence-corrected chi connectivity index (χ4v) is 4.06. The summed E-state index contributed by atoms with van der Waals surface area (Å²) in [6.45, 7) is 0. The van der Waals surface area contributed by atoms with Crippen molar-refractivity contribution in [3.05, 3.63) is 55.5 Å². The number of aromatic nitrogens is 2. The van der Waals surface area contributed by atoms with Crippen molar-refractivity contribution in [1.29, 1.82) is 0 Å². The fraction of sp³-hybridized carbons (Fsp3) is 0. The molecule has 0 amide bonds. The molecular formula is C14H6BrCl3N2S. The molecule has 0 fully saturated rings. The molecule has 0 N–H and O–H groups in total. The third kappa shape index (κ3) is 3.10. The molecule has 3 rings (SSSR count). The SMILES string of the molecule is Clc1nc(-c2cc(Br)c(Cl)s2)nc(Cl)c1-c1ccccc1. The van der Waals surface area contributed by atoms with Gasteiger partial charge >= 0.3 is 0 Å². The van der Waals surface area contributed by atoms with E-state index >= 15 is 0 Å². The first-order valence-corrected chi connectivity index (χ1v) is 8.54. The number of thiophene rings is 1. The molecule has 3 aromatic rings. The topological polar surface area (TPSA) is 25.8 Å². The maximum absolute atomic E-state index is 6.29. The largest absolute Gasteiger partial charge is 0.215 e. The smallest absolute Gasteiger partial charge is 0.172 e. The van der Waals surface area contributed by atoms with Gasteiger partial charge in [-0.15, -0.1) is 11.3 Å². The summed E-state index contributed by atoms with van der Waals surface area (Å²) in [6.07, 6.45) is 0. The zero-order valence-electron chi connectivity index (χ0n) is 10.3. The average molecular weight is 421 g/mol. The highest BCUT2D eigenvalue weighted by atomic mass is 79.9. The van der Waals surface area contributed by atoms with E-state index in [0.29, 0.717) is 26.0 Å². The maximum atomic E-state index is 6.29. The summed E-state index contributed by atoms with van der Waals surface area (Å²) in [5.74, 6) is 0.460. The Morgan fingerprint density at radius 2 is 1.57 bits per heavy atom. The van der Waals surface area contributed by atoms with Gasteiger partial charge in [-0.3, -0.25) is 0 Å². The maximum Gasteiger partial charge on any atom is 0.172 e. The Hall–Kier alpha value is -0.650. The molecule has 0 aliphatic carbocycles. The van der Waals surface area contributed by atoms with E-state index in [0.717, 1.165) is 14.9 Å². The second-order valence-electron chi connectivity index (χ2n) is 4.10. The summed E-state index contributed by atoms with van der Waals surface area (Å²) in [6, 6.07) is 11.4. The third-order valence-corrected chi connectivity index (χ3v) is 5.77. The minimum atomic E-state index is 0.317. The van der Waals surface area contributed by atoms with E-state index in [-0.39, 0.29) is 0 Å². The van der Waals surface area contributed by atoms with Crippen molar-refractivity contribution in [2.24, 2.45) is 0 Å². The number of benzene rings is 1. The number of nitrogens with zero attached hydrogens (tertiary/aromatic N) is 2. The Bertz CT molecular complexity index is 763. The predicted molar refractivity (Wildman–Crippen MR) is 93.5 cm³/mol. The highest BCUT2D eigenvalue weighted by molar-refractivity contribution is 9.10. The van der Waals surface area contributed by atoms with E-state index in [4.69, 9.17) is 34.8 Å². The first-order valence-electron chi connectivity index (χ1n) is 5.80. The summed E-state index contributed by atoms with van der Waals surface area (Å²) in [7, 11) is 0. The molecule has 1 aromatic carbocycles. The van der Waals surface area contributed by atoms with Gasteiger partial charge in [0.25, 0.3) is 0 Å². The van der Waals surface area contributed by atoms with Gasteiger partial charge in [0.15, 0.2) is 5.82 Å². The normalized spacial score (nSPS) is 10.9. The van der Waals surface area contributed by atoms with Crippen LogP contribution < -0.4 is 0 Å². The van der Waals surface area contributed by atoms with Crippen LogP contribution in [-0.2, 0) is 0 Å². The van der Waals surface area contributed by atoms with Crippen molar-refractivity contribution < 1.29 is 0 Å². The lowest BCUT2D eigenvalue weighted by atomic mass is 10.1. The predicted octanol–water partition coefficient (Wildman–Crippen LogP) is 6.59. The highest BCUT2D eigenvalue weighted by Gasteiger charge is 2.16. The summed E-state index contributed by atoms with van der Waals surface area (Å²) in [5, 5.41) is 0.633. The van der Waals surface area contributed by atoms with Gasteiger partial charge < -0.3 is 0 Å². The van der Waals surface area contributed by atoms with Gasteiger partial charge in [0, 0.05) is 4.47 Å².